The Balaban J connectivity index is 2.65. The number of carboxylic acid groups (broad SMARTS) is 1. The molecule has 0 spiro atoms. The highest BCUT2D eigenvalue weighted by Crippen LogP contribution is 2.05. The van der Waals surface area contributed by atoms with E-state index in [9.17, 15) is 4.79 Å². The molecule has 1 aromatic rings. The third kappa shape index (κ3) is 2.21. The number of pyridine rings is 1. The zero-order valence-corrected chi connectivity index (χ0v) is 6.14. The molecular formula is C7H8N2O3. The lowest BCUT2D eigenvalue weighted by Crippen LogP contribution is -2.26. The van der Waals surface area contributed by atoms with Crippen LogP contribution < -0.4 is 5.32 Å². The number of aromatic nitrogens is 1. The zero-order chi connectivity index (χ0) is 8.97. The molecule has 1 aromatic heterocycles. The van der Waals surface area contributed by atoms with Crippen LogP contribution in [-0.2, 0) is 0 Å². The van der Waals surface area contributed by atoms with Crippen molar-refractivity contribution in [2.75, 3.05) is 0 Å². The number of amides is 1. The predicted octanol–water partition coefficient (Wildman–Crippen LogP) is 0.340. The second-order valence-electron chi connectivity index (χ2n) is 2.14. The molecule has 1 atom stereocenters. The lowest BCUT2D eigenvalue weighted by atomic mass is 10.2. The Morgan fingerprint density at radius 1 is 1.67 bits per heavy atom. The largest absolute Gasteiger partial charge is 0.465 e. The molecule has 0 radical (unpaired) electrons. The van der Waals surface area contributed by atoms with E-state index in [1.54, 1.807) is 12.1 Å². The first kappa shape index (κ1) is 8.48. The minimum atomic E-state index is -1.27. The molecular weight excluding hydrogens is 160 g/mol. The second-order valence-corrected chi connectivity index (χ2v) is 2.14. The Bertz CT molecular complexity index is 263. The van der Waals surface area contributed by atoms with Gasteiger partial charge in [0, 0.05) is 18.0 Å². The van der Waals surface area contributed by atoms with E-state index in [0.29, 0.717) is 5.56 Å². The van der Waals surface area contributed by atoms with Crippen LogP contribution in [0.5, 0.6) is 0 Å². The molecule has 0 fully saturated rings. The molecule has 0 aliphatic carbocycles. The van der Waals surface area contributed by atoms with Gasteiger partial charge in [0.25, 0.3) is 0 Å². The van der Waals surface area contributed by atoms with Gasteiger partial charge in [-0.15, -0.1) is 0 Å². The molecule has 0 aromatic carbocycles. The van der Waals surface area contributed by atoms with Gasteiger partial charge in [-0.3, -0.25) is 10.3 Å². The first-order valence-electron chi connectivity index (χ1n) is 3.27. The van der Waals surface area contributed by atoms with Gasteiger partial charge in [-0.25, -0.2) is 4.79 Å². The van der Waals surface area contributed by atoms with E-state index >= 15 is 0 Å². The highest BCUT2D eigenvalue weighted by molar-refractivity contribution is 5.64. The van der Waals surface area contributed by atoms with Gasteiger partial charge in [0.05, 0.1) is 0 Å². The number of nitrogens with one attached hydrogen (secondary N) is 1. The SMILES string of the molecule is O=C(O)NC(O)c1cccnc1. The highest BCUT2D eigenvalue weighted by atomic mass is 16.4. The van der Waals surface area contributed by atoms with Gasteiger partial charge in [0.1, 0.15) is 0 Å². The second kappa shape index (κ2) is 3.68. The summed E-state index contributed by atoms with van der Waals surface area (Å²) in [4.78, 5) is 13.8. The quantitative estimate of drug-likeness (QED) is 0.556. The summed E-state index contributed by atoms with van der Waals surface area (Å²) in [5.41, 5.74) is 0.417. The van der Waals surface area contributed by atoms with Crippen molar-refractivity contribution in [3.8, 4) is 0 Å². The summed E-state index contributed by atoms with van der Waals surface area (Å²) in [5, 5.41) is 19.3. The van der Waals surface area contributed by atoms with E-state index in [-0.39, 0.29) is 0 Å². The van der Waals surface area contributed by atoms with Gasteiger partial charge in [-0.1, -0.05) is 6.07 Å². The maximum absolute atomic E-state index is 10.1. The summed E-state index contributed by atoms with van der Waals surface area (Å²) in [5.74, 6) is 0. The third-order valence-electron chi connectivity index (χ3n) is 1.26. The standard InChI is InChI=1S/C7H8N2O3/c10-6(9-7(11)12)5-2-1-3-8-4-5/h1-4,6,9-10H,(H,11,12). The average molecular weight is 168 g/mol. The first-order valence-corrected chi connectivity index (χ1v) is 3.27. The molecule has 0 aliphatic heterocycles. The third-order valence-corrected chi connectivity index (χ3v) is 1.26. The van der Waals surface area contributed by atoms with Crippen LogP contribution in [0.2, 0.25) is 0 Å². The van der Waals surface area contributed by atoms with Crippen LogP contribution in [-0.4, -0.2) is 21.3 Å². The Morgan fingerprint density at radius 2 is 2.42 bits per heavy atom. The molecule has 3 N–H and O–H groups in total. The lowest BCUT2D eigenvalue weighted by molar-refractivity contribution is 0.122. The summed E-state index contributed by atoms with van der Waals surface area (Å²) >= 11 is 0. The molecule has 5 heteroatoms. The number of hydrogen-bond donors (Lipinski definition) is 3. The number of hydrogen-bond acceptors (Lipinski definition) is 3. The molecule has 0 aliphatic rings. The van der Waals surface area contributed by atoms with Gasteiger partial charge in [0.15, 0.2) is 6.23 Å². The monoisotopic (exact) mass is 168 g/mol. The van der Waals surface area contributed by atoms with Crippen LogP contribution in [0.3, 0.4) is 0 Å². The predicted molar refractivity (Wildman–Crippen MR) is 40.4 cm³/mol. The summed E-state index contributed by atoms with van der Waals surface area (Å²) < 4.78 is 0. The molecule has 64 valence electrons. The first-order chi connectivity index (χ1) is 5.70. The average Bonchev–Trinajstić information content (AvgIpc) is 2.05. The fourth-order valence-electron chi connectivity index (χ4n) is 0.738. The van der Waals surface area contributed by atoms with Crippen LogP contribution >= 0.6 is 0 Å². The topological polar surface area (TPSA) is 82.5 Å². The van der Waals surface area contributed by atoms with E-state index in [0.717, 1.165) is 0 Å². The van der Waals surface area contributed by atoms with E-state index in [4.69, 9.17) is 10.2 Å². The molecule has 1 unspecified atom stereocenters. The van der Waals surface area contributed by atoms with Crippen LogP contribution in [0, 0.1) is 0 Å². The number of rotatable bonds is 2. The molecule has 1 heterocycles. The van der Waals surface area contributed by atoms with Crippen molar-refractivity contribution >= 4 is 6.09 Å². The van der Waals surface area contributed by atoms with Crippen molar-refractivity contribution < 1.29 is 15.0 Å². The van der Waals surface area contributed by atoms with Crippen molar-refractivity contribution in [1.29, 1.82) is 0 Å². The molecule has 5 nitrogen and oxygen atoms in total. The molecule has 12 heavy (non-hydrogen) atoms. The maximum atomic E-state index is 10.1. The Kier molecular flexibility index (Phi) is 2.60. The fraction of sp³-hybridized carbons (Fsp3) is 0.143. The lowest BCUT2D eigenvalue weighted by Gasteiger charge is -2.08. The Morgan fingerprint density at radius 3 is 2.92 bits per heavy atom. The Labute approximate surface area is 68.7 Å². The van der Waals surface area contributed by atoms with Crippen LogP contribution in [0.4, 0.5) is 4.79 Å². The summed E-state index contributed by atoms with van der Waals surface area (Å²) in [6, 6.07) is 3.19. The minimum Gasteiger partial charge on any atom is -0.465 e. The van der Waals surface area contributed by atoms with Crippen molar-refractivity contribution in [3.05, 3.63) is 30.1 Å². The van der Waals surface area contributed by atoms with Crippen molar-refractivity contribution in [3.63, 3.8) is 0 Å². The van der Waals surface area contributed by atoms with E-state index < -0.39 is 12.3 Å². The van der Waals surface area contributed by atoms with E-state index in [2.05, 4.69) is 4.98 Å². The number of aliphatic hydroxyl groups excluding tert-OH is 1. The smallest absolute Gasteiger partial charge is 0.406 e. The van der Waals surface area contributed by atoms with Gasteiger partial charge >= 0.3 is 6.09 Å². The number of aliphatic hydroxyl groups is 1. The summed E-state index contributed by atoms with van der Waals surface area (Å²) in [6.07, 6.45) is 0.444. The number of nitrogens with zero attached hydrogens (tertiary/aromatic N) is 1. The molecule has 0 saturated heterocycles. The number of carbonyl (C=O) groups is 1. The van der Waals surface area contributed by atoms with Crippen molar-refractivity contribution in [2.24, 2.45) is 0 Å². The van der Waals surface area contributed by atoms with Gasteiger partial charge < -0.3 is 10.2 Å². The maximum Gasteiger partial charge on any atom is 0.406 e. The van der Waals surface area contributed by atoms with Crippen LogP contribution in [0.15, 0.2) is 24.5 Å². The van der Waals surface area contributed by atoms with Gasteiger partial charge in [0.2, 0.25) is 0 Å². The molecule has 0 saturated carbocycles. The van der Waals surface area contributed by atoms with Crippen molar-refractivity contribution in [2.45, 2.75) is 6.23 Å². The van der Waals surface area contributed by atoms with Crippen LogP contribution in [0.25, 0.3) is 0 Å². The minimum absolute atomic E-state index is 0.417. The van der Waals surface area contributed by atoms with E-state index in [1.807, 2.05) is 5.32 Å². The Hall–Kier alpha value is -1.62. The molecule has 0 bridgehead atoms. The van der Waals surface area contributed by atoms with Crippen LogP contribution in [0.1, 0.15) is 11.8 Å². The molecule has 1 amide bonds. The fourth-order valence-corrected chi connectivity index (χ4v) is 0.738. The summed E-state index contributed by atoms with van der Waals surface area (Å²) in [6.45, 7) is 0. The van der Waals surface area contributed by atoms with Gasteiger partial charge in [-0.05, 0) is 6.07 Å². The van der Waals surface area contributed by atoms with Crippen molar-refractivity contribution in [1.82, 2.24) is 10.3 Å². The highest BCUT2D eigenvalue weighted by Gasteiger charge is 2.08. The summed E-state index contributed by atoms with van der Waals surface area (Å²) in [7, 11) is 0. The zero-order valence-electron chi connectivity index (χ0n) is 6.14. The normalized spacial score (nSPS) is 12.1. The molecule has 1 rings (SSSR count). The van der Waals surface area contributed by atoms with Gasteiger partial charge in [-0.2, -0.15) is 0 Å². The van der Waals surface area contributed by atoms with E-state index in [1.165, 1.54) is 12.4 Å².